The Hall–Kier alpha value is -2.11. The predicted molar refractivity (Wildman–Crippen MR) is 61.9 cm³/mol. The summed E-state index contributed by atoms with van der Waals surface area (Å²) in [5.41, 5.74) is 0.897. The zero-order valence-electron chi connectivity index (χ0n) is 10.0. The van der Waals surface area contributed by atoms with Gasteiger partial charge in [0.1, 0.15) is 5.76 Å². The first kappa shape index (κ1) is 11.4. The molecule has 0 aliphatic carbocycles. The van der Waals surface area contributed by atoms with E-state index in [-0.39, 0.29) is 0 Å². The predicted octanol–water partition coefficient (Wildman–Crippen LogP) is 1.70. The summed E-state index contributed by atoms with van der Waals surface area (Å²) in [6.07, 6.45) is 1.63. The molecule has 0 bridgehead atoms. The van der Waals surface area contributed by atoms with E-state index in [1.54, 1.807) is 19.4 Å². The van der Waals surface area contributed by atoms with Crippen LogP contribution >= 0.6 is 0 Å². The molecule has 1 N–H and O–H groups in total. The largest absolute Gasteiger partial charge is 0.481 e. The van der Waals surface area contributed by atoms with Crippen molar-refractivity contribution in [3.05, 3.63) is 29.6 Å². The van der Waals surface area contributed by atoms with Gasteiger partial charge in [0.15, 0.2) is 0 Å². The molecule has 2 rings (SSSR count). The number of nitrogens with zero attached hydrogens (tertiary/aromatic N) is 3. The Bertz CT molecular complexity index is 490. The van der Waals surface area contributed by atoms with Gasteiger partial charge in [-0.15, -0.1) is 0 Å². The Balaban J connectivity index is 2.01. The van der Waals surface area contributed by atoms with Gasteiger partial charge < -0.3 is 14.5 Å². The normalized spacial score (nSPS) is 10.3. The molecule has 90 valence electrons. The van der Waals surface area contributed by atoms with Crippen LogP contribution in [0.5, 0.6) is 5.88 Å². The van der Waals surface area contributed by atoms with Gasteiger partial charge in [-0.3, -0.25) is 0 Å². The third-order valence-corrected chi connectivity index (χ3v) is 2.31. The molecule has 0 radical (unpaired) electrons. The highest BCUT2D eigenvalue weighted by Crippen LogP contribution is 2.11. The first-order valence-electron chi connectivity index (χ1n) is 5.23. The summed E-state index contributed by atoms with van der Waals surface area (Å²) >= 11 is 0. The molecule has 6 nitrogen and oxygen atoms in total. The average Bonchev–Trinajstić information content (AvgIpc) is 2.67. The molecule has 17 heavy (non-hydrogen) atoms. The van der Waals surface area contributed by atoms with Gasteiger partial charge in [0, 0.05) is 12.3 Å². The quantitative estimate of drug-likeness (QED) is 0.868. The zero-order chi connectivity index (χ0) is 12.3. The third kappa shape index (κ3) is 2.72. The van der Waals surface area contributed by atoms with Gasteiger partial charge in [-0.2, -0.15) is 4.98 Å². The second-order valence-electron chi connectivity index (χ2n) is 3.53. The second kappa shape index (κ2) is 4.82. The average molecular weight is 234 g/mol. The van der Waals surface area contributed by atoms with E-state index in [0.29, 0.717) is 24.3 Å². The monoisotopic (exact) mass is 234 g/mol. The molecule has 0 amide bonds. The molecule has 0 saturated carbocycles. The minimum absolute atomic E-state index is 0.446. The fraction of sp³-hybridized carbons (Fsp3) is 0.364. The molecular formula is C11H14N4O2. The highest BCUT2D eigenvalue weighted by molar-refractivity contribution is 5.27. The van der Waals surface area contributed by atoms with Crippen LogP contribution in [0.15, 0.2) is 16.7 Å². The van der Waals surface area contributed by atoms with E-state index in [1.165, 1.54) is 0 Å². The van der Waals surface area contributed by atoms with Crippen molar-refractivity contribution in [2.75, 3.05) is 12.4 Å². The number of methoxy groups -OCH3 is 1. The van der Waals surface area contributed by atoms with Crippen molar-refractivity contribution >= 4 is 5.95 Å². The number of ether oxygens (including phenoxy) is 1. The Kier molecular flexibility index (Phi) is 3.22. The Morgan fingerprint density at radius 2 is 2.18 bits per heavy atom. The van der Waals surface area contributed by atoms with Crippen LogP contribution in [-0.4, -0.2) is 22.1 Å². The number of hydrogen-bond acceptors (Lipinski definition) is 6. The molecule has 2 aromatic heterocycles. The number of oxazole rings is 1. The summed E-state index contributed by atoms with van der Waals surface area (Å²) < 4.78 is 10.4. The summed E-state index contributed by atoms with van der Waals surface area (Å²) in [4.78, 5) is 12.4. The van der Waals surface area contributed by atoms with Crippen LogP contribution in [0.3, 0.4) is 0 Å². The molecular weight excluding hydrogens is 220 g/mol. The Morgan fingerprint density at radius 3 is 2.82 bits per heavy atom. The molecule has 0 aliphatic heterocycles. The number of hydrogen-bond donors (Lipinski definition) is 1. The van der Waals surface area contributed by atoms with Gasteiger partial charge in [0.05, 0.1) is 19.3 Å². The highest BCUT2D eigenvalue weighted by atomic mass is 16.5. The summed E-state index contributed by atoms with van der Waals surface area (Å²) in [6, 6.07) is 1.69. The van der Waals surface area contributed by atoms with Crippen molar-refractivity contribution < 1.29 is 9.15 Å². The van der Waals surface area contributed by atoms with E-state index in [9.17, 15) is 0 Å². The maximum Gasteiger partial charge on any atom is 0.226 e. The molecule has 0 aromatic carbocycles. The molecule has 2 aromatic rings. The molecule has 0 unspecified atom stereocenters. The third-order valence-electron chi connectivity index (χ3n) is 2.31. The summed E-state index contributed by atoms with van der Waals surface area (Å²) in [5.74, 6) is 2.44. The van der Waals surface area contributed by atoms with Crippen LogP contribution in [0.2, 0.25) is 0 Å². The topological polar surface area (TPSA) is 73.1 Å². The van der Waals surface area contributed by atoms with Gasteiger partial charge in [0.2, 0.25) is 17.7 Å². The fourth-order valence-electron chi connectivity index (χ4n) is 1.31. The Morgan fingerprint density at radius 1 is 1.35 bits per heavy atom. The van der Waals surface area contributed by atoms with E-state index in [1.807, 2.05) is 13.8 Å². The maximum atomic E-state index is 5.43. The minimum atomic E-state index is 0.446. The van der Waals surface area contributed by atoms with Crippen LogP contribution in [0.4, 0.5) is 5.95 Å². The molecule has 0 atom stereocenters. The summed E-state index contributed by atoms with van der Waals surface area (Å²) in [6.45, 7) is 4.24. The van der Waals surface area contributed by atoms with Gasteiger partial charge >= 0.3 is 0 Å². The number of nitrogens with one attached hydrogen (secondary N) is 1. The fourth-order valence-corrected chi connectivity index (χ4v) is 1.31. The summed E-state index contributed by atoms with van der Waals surface area (Å²) in [5, 5.41) is 3.02. The number of aromatic nitrogens is 3. The Labute approximate surface area is 99.1 Å². The number of aryl methyl sites for hydroxylation is 2. The standard InChI is InChI=1S/C11H14N4O2/c1-7-8(2)17-10(14-7)6-13-11-12-5-4-9(15-11)16-3/h4-5H,6H2,1-3H3,(H,12,13,15). The molecule has 6 heteroatoms. The number of rotatable bonds is 4. The first-order chi connectivity index (χ1) is 8.19. The zero-order valence-corrected chi connectivity index (χ0v) is 10.0. The van der Waals surface area contributed by atoms with Gasteiger partial charge in [-0.25, -0.2) is 9.97 Å². The lowest BCUT2D eigenvalue weighted by molar-refractivity contribution is 0.397. The van der Waals surface area contributed by atoms with Crippen molar-refractivity contribution in [3.63, 3.8) is 0 Å². The van der Waals surface area contributed by atoms with Crippen LogP contribution in [0.25, 0.3) is 0 Å². The SMILES string of the molecule is COc1ccnc(NCc2nc(C)c(C)o2)n1. The highest BCUT2D eigenvalue weighted by Gasteiger charge is 2.06. The number of anilines is 1. The van der Waals surface area contributed by atoms with E-state index in [2.05, 4.69) is 20.3 Å². The second-order valence-corrected chi connectivity index (χ2v) is 3.53. The van der Waals surface area contributed by atoms with Gasteiger partial charge in [0.25, 0.3) is 0 Å². The van der Waals surface area contributed by atoms with Crippen LogP contribution < -0.4 is 10.1 Å². The lowest BCUT2D eigenvalue weighted by atomic mass is 10.4. The van der Waals surface area contributed by atoms with Crippen molar-refractivity contribution in [2.45, 2.75) is 20.4 Å². The lowest BCUT2D eigenvalue weighted by Crippen LogP contribution is -2.04. The molecule has 0 spiro atoms. The summed E-state index contributed by atoms with van der Waals surface area (Å²) in [7, 11) is 1.56. The van der Waals surface area contributed by atoms with Crippen molar-refractivity contribution in [2.24, 2.45) is 0 Å². The molecule has 2 heterocycles. The smallest absolute Gasteiger partial charge is 0.226 e. The van der Waals surface area contributed by atoms with Gasteiger partial charge in [-0.1, -0.05) is 0 Å². The van der Waals surface area contributed by atoms with E-state index in [0.717, 1.165) is 11.5 Å². The van der Waals surface area contributed by atoms with E-state index >= 15 is 0 Å². The molecule has 0 aliphatic rings. The van der Waals surface area contributed by atoms with Crippen molar-refractivity contribution in [3.8, 4) is 5.88 Å². The first-order valence-corrected chi connectivity index (χ1v) is 5.23. The molecule has 0 saturated heterocycles. The maximum absolute atomic E-state index is 5.43. The molecule has 0 fully saturated rings. The van der Waals surface area contributed by atoms with Crippen LogP contribution in [-0.2, 0) is 6.54 Å². The van der Waals surface area contributed by atoms with Crippen LogP contribution in [0, 0.1) is 13.8 Å². The van der Waals surface area contributed by atoms with E-state index < -0.39 is 0 Å². The minimum Gasteiger partial charge on any atom is -0.481 e. The van der Waals surface area contributed by atoms with Crippen LogP contribution in [0.1, 0.15) is 17.3 Å². The van der Waals surface area contributed by atoms with E-state index in [4.69, 9.17) is 9.15 Å². The van der Waals surface area contributed by atoms with Gasteiger partial charge in [-0.05, 0) is 13.8 Å². The lowest BCUT2D eigenvalue weighted by Gasteiger charge is -2.03. The van der Waals surface area contributed by atoms with Crippen molar-refractivity contribution in [1.82, 2.24) is 15.0 Å². The van der Waals surface area contributed by atoms with Crippen molar-refractivity contribution in [1.29, 1.82) is 0 Å².